The van der Waals surface area contributed by atoms with Gasteiger partial charge < -0.3 is 9.88 Å². The van der Waals surface area contributed by atoms with E-state index in [2.05, 4.69) is 12.2 Å². The lowest BCUT2D eigenvalue weighted by atomic mass is 10.2. The lowest BCUT2D eigenvalue weighted by Gasteiger charge is -2.11. The Morgan fingerprint density at radius 1 is 1.27 bits per heavy atom. The van der Waals surface area contributed by atoms with Gasteiger partial charge in [0.25, 0.3) is 5.56 Å². The molecule has 1 heterocycles. The summed E-state index contributed by atoms with van der Waals surface area (Å²) in [7, 11) is 0. The molecule has 0 unspecified atom stereocenters. The van der Waals surface area contributed by atoms with E-state index < -0.39 is 0 Å². The molecule has 0 radical (unpaired) electrons. The first-order chi connectivity index (χ1) is 10.7. The number of carbonyl (C=O) groups is 1. The molecule has 22 heavy (non-hydrogen) atoms. The highest BCUT2D eigenvalue weighted by molar-refractivity contribution is 8.00. The highest BCUT2D eigenvalue weighted by Crippen LogP contribution is 2.26. The highest BCUT2D eigenvalue weighted by Gasteiger charge is 2.09. The smallest absolute Gasteiger partial charge is 0.252 e. The van der Waals surface area contributed by atoms with Gasteiger partial charge in [0.15, 0.2) is 0 Å². The van der Waals surface area contributed by atoms with Crippen molar-refractivity contribution >= 4 is 28.6 Å². The number of hydrogen-bond acceptors (Lipinski definition) is 3. The van der Waals surface area contributed by atoms with Crippen LogP contribution >= 0.6 is 11.8 Å². The number of thioether (sulfide) groups is 1. The first kappa shape index (κ1) is 16.6. The van der Waals surface area contributed by atoms with Crippen LogP contribution in [0.1, 0.15) is 26.7 Å². The van der Waals surface area contributed by atoms with E-state index in [1.165, 1.54) is 11.8 Å². The Morgan fingerprint density at radius 2 is 2.05 bits per heavy atom. The number of nitrogens with one attached hydrogen (secondary N) is 1. The number of para-hydroxylation sites is 1. The molecule has 0 bridgehead atoms. The zero-order chi connectivity index (χ0) is 15.9. The predicted molar refractivity (Wildman–Crippen MR) is 92.5 cm³/mol. The fourth-order valence-electron chi connectivity index (χ4n) is 2.35. The van der Waals surface area contributed by atoms with Crippen molar-refractivity contribution in [2.24, 2.45) is 0 Å². The number of pyridine rings is 1. The van der Waals surface area contributed by atoms with Gasteiger partial charge in [0, 0.05) is 29.4 Å². The van der Waals surface area contributed by atoms with Crippen molar-refractivity contribution < 1.29 is 4.79 Å². The summed E-state index contributed by atoms with van der Waals surface area (Å²) in [6.45, 7) is 5.41. The number of aromatic nitrogens is 1. The minimum atomic E-state index is -0.0184. The molecular formula is C17H22N2O2S. The number of rotatable bonds is 7. The van der Waals surface area contributed by atoms with Gasteiger partial charge in [-0.1, -0.05) is 31.5 Å². The summed E-state index contributed by atoms with van der Waals surface area (Å²) in [5.74, 6) is 0.353. The van der Waals surface area contributed by atoms with Gasteiger partial charge in [0.2, 0.25) is 5.91 Å². The van der Waals surface area contributed by atoms with Crippen LogP contribution in [-0.4, -0.2) is 22.8 Å². The first-order valence-corrected chi connectivity index (χ1v) is 8.68. The second kappa shape index (κ2) is 8.03. The van der Waals surface area contributed by atoms with E-state index in [9.17, 15) is 9.59 Å². The summed E-state index contributed by atoms with van der Waals surface area (Å²) >= 11 is 1.42. The second-order valence-electron chi connectivity index (χ2n) is 5.10. The summed E-state index contributed by atoms with van der Waals surface area (Å²) < 4.78 is 1.75. The number of amides is 1. The van der Waals surface area contributed by atoms with E-state index >= 15 is 0 Å². The van der Waals surface area contributed by atoms with E-state index in [-0.39, 0.29) is 11.5 Å². The van der Waals surface area contributed by atoms with Crippen LogP contribution < -0.4 is 10.9 Å². The minimum absolute atomic E-state index is 0.0159. The largest absolute Gasteiger partial charge is 0.355 e. The fraction of sp³-hybridized carbons (Fsp3) is 0.412. The van der Waals surface area contributed by atoms with Crippen molar-refractivity contribution in [1.82, 2.24) is 9.88 Å². The van der Waals surface area contributed by atoms with Gasteiger partial charge >= 0.3 is 0 Å². The van der Waals surface area contributed by atoms with Crippen LogP contribution in [0.25, 0.3) is 10.9 Å². The van der Waals surface area contributed by atoms with E-state index in [0.717, 1.165) is 28.6 Å². The quantitative estimate of drug-likeness (QED) is 0.630. The summed E-state index contributed by atoms with van der Waals surface area (Å²) in [5.41, 5.74) is 0.904. The third-order valence-corrected chi connectivity index (χ3v) is 4.56. The maximum atomic E-state index is 12.2. The topological polar surface area (TPSA) is 51.1 Å². The number of carbonyl (C=O) groups excluding carboxylic acids is 1. The van der Waals surface area contributed by atoms with Crippen molar-refractivity contribution in [1.29, 1.82) is 0 Å². The molecule has 0 fully saturated rings. The molecule has 2 aromatic rings. The molecule has 0 aliphatic carbocycles. The van der Waals surface area contributed by atoms with Gasteiger partial charge in [-0.15, -0.1) is 11.8 Å². The van der Waals surface area contributed by atoms with Gasteiger partial charge in [-0.25, -0.2) is 0 Å². The SMILES string of the molecule is CCCCNC(=O)CSc1cc(=O)n(CC)c2ccccc12. The van der Waals surface area contributed by atoms with Gasteiger partial charge in [0.05, 0.1) is 11.3 Å². The van der Waals surface area contributed by atoms with E-state index in [1.54, 1.807) is 10.6 Å². The molecule has 1 N–H and O–H groups in total. The summed E-state index contributed by atoms with van der Waals surface area (Å²) in [6, 6.07) is 9.47. The molecule has 0 saturated carbocycles. The van der Waals surface area contributed by atoms with Gasteiger partial charge in [-0.05, 0) is 19.4 Å². The Morgan fingerprint density at radius 3 is 2.77 bits per heavy atom. The number of hydrogen-bond donors (Lipinski definition) is 1. The zero-order valence-corrected chi connectivity index (χ0v) is 13.9. The Bertz CT molecular complexity index is 709. The average molecular weight is 318 g/mol. The van der Waals surface area contributed by atoms with Crippen molar-refractivity contribution in [3.05, 3.63) is 40.7 Å². The third kappa shape index (κ3) is 3.91. The number of aryl methyl sites for hydroxylation is 1. The number of unbranched alkanes of at least 4 members (excludes halogenated alkanes) is 1. The Hall–Kier alpha value is -1.75. The fourth-order valence-corrected chi connectivity index (χ4v) is 3.25. The lowest BCUT2D eigenvalue weighted by Crippen LogP contribution is -2.26. The van der Waals surface area contributed by atoms with E-state index in [4.69, 9.17) is 0 Å². The standard InChI is InChI=1S/C17H22N2O2S/c1-3-5-10-18-16(20)12-22-15-11-17(21)19(4-2)14-9-7-6-8-13(14)15/h6-9,11H,3-5,10,12H2,1-2H3,(H,18,20). The van der Waals surface area contributed by atoms with E-state index in [0.29, 0.717) is 18.8 Å². The molecule has 1 aromatic heterocycles. The van der Waals surface area contributed by atoms with Crippen LogP contribution in [-0.2, 0) is 11.3 Å². The van der Waals surface area contributed by atoms with Crippen LogP contribution in [0.5, 0.6) is 0 Å². The molecular weight excluding hydrogens is 296 g/mol. The summed E-state index contributed by atoms with van der Waals surface area (Å²) in [4.78, 5) is 24.9. The second-order valence-corrected chi connectivity index (χ2v) is 6.12. The summed E-state index contributed by atoms with van der Waals surface area (Å²) in [6.07, 6.45) is 2.05. The molecule has 0 atom stereocenters. The molecule has 0 spiro atoms. The van der Waals surface area contributed by atoms with Gasteiger partial charge in [0.1, 0.15) is 0 Å². The molecule has 2 rings (SSSR count). The normalized spacial score (nSPS) is 10.8. The Labute approximate surface area is 134 Å². The maximum absolute atomic E-state index is 12.2. The molecule has 0 aliphatic heterocycles. The van der Waals surface area contributed by atoms with E-state index in [1.807, 2.05) is 31.2 Å². The molecule has 0 saturated heterocycles. The Kier molecular flexibility index (Phi) is 6.07. The van der Waals surface area contributed by atoms with Crippen LogP contribution in [0.3, 0.4) is 0 Å². The van der Waals surface area contributed by atoms with Crippen molar-refractivity contribution in [3.8, 4) is 0 Å². The van der Waals surface area contributed by atoms with Crippen LogP contribution in [0.2, 0.25) is 0 Å². The first-order valence-electron chi connectivity index (χ1n) is 7.69. The van der Waals surface area contributed by atoms with Gasteiger partial charge in [-0.2, -0.15) is 0 Å². The maximum Gasteiger partial charge on any atom is 0.252 e. The minimum Gasteiger partial charge on any atom is -0.355 e. The number of fused-ring (bicyclic) bond motifs is 1. The van der Waals surface area contributed by atoms with Crippen LogP contribution in [0.4, 0.5) is 0 Å². The average Bonchev–Trinajstić information content (AvgIpc) is 2.53. The predicted octanol–water partition coefficient (Wildman–Crippen LogP) is 3.03. The molecule has 1 aromatic carbocycles. The third-order valence-electron chi connectivity index (χ3n) is 3.51. The monoisotopic (exact) mass is 318 g/mol. The molecule has 118 valence electrons. The number of nitrogens with zero attached hydrogens (tertiary/aromatic N) is 1. The van der Waals surface area contributed by atoms with Crippen LogP contribution in [0, 0.1) is 0 Å². The molecule has 1 amide bonds. The summed E-state index contributed by atoms with van der Waals surface area (Å²) in [5, 5.41) is 3.92. The molecule has 4 nitrogen and oxygen atoms in total. The zero-order valence-electron chi connectivity index (χ0n) is 13.1. The molecule has 5 heteroatoms. The van der Waals surface area contributed by atoms with Crippen LogP contribution in [0.15, 0.2) is 40.0 Å². The molecule has 0 aliphatic rings. The van der Waals surface area contributed by atoms with Crippen molar-refractivity contribution in [3.63, 3.8) is 0 Å². The van der Waals surface area contributed by atoms with Gasteiger partial charge in [-0.3, -0.25) is 9.59 Å². The Balaban J connectivity index is 2.18. The lowest BCUT2D eigenvalue weighted by molar-refractivity contribution is -0.118. The highest BCUT2D eigenvalue weighted by atomic mass is 32.2. The number of benzene rings is 1. The van der Waals surface area contributed by atoms with Crippen molar-refractivity contribution in [2.75, 3.05) is 12.3 Å². The van der Waals surface area contributed by atoms with Crippen molar-refractivity contribution in [2.45, 2.75) is 38.1 Å².